The summed E-state index contributed by atoms with van der Waals surface area (Å²) < 4.78 is 5.88. The molecule has 1 aromatic heterocycles. The summed E-state index contributed by atoms with van der Waals surface area (Å²) >= 11 is 1.85. The molecule has 20 heavy (non-hydrogen) atoms. The average molecular weight is 296 g/mol. The Morgan fingerprint density at radius 2 is 2.40 bits per heavy atom. The molecule has 1 saturated heterocycles. The van der Waals surface area contributed by atoms with E-state index in [1.807, 2.05) is 11.3 Å². The van der Waals surface area contributed by atoms with Crippen molar-refractivity contribution in [2.45, 2.75) is 38.7 Å². The lowest BCUT2D eigenvalue weighted by atomic mass is 10.1. The molecule has 0 aliphatic carbocycles. The molecule has 0 spiro atoms. The van der Waals surface area contributed by atoms with Crippen molar-refractivity contribution in [2.24, 2.45) is 0 Å². The van der Waals surface area contributed by atoms with E-state index in [0.29, 0.717) is 6.10 Å². The van der Waals surface area contributed by atoms with E-state index in [0.717, 1.165) is 45.6 Å². The van der Waals surface area contributed by atoms with E-state index in [1.165, 1.54) is 24.3 Å². The van der Waals surface area contributed by atoms with Crippen LogP contribution in [0.1, 0.15) is 31.1 Å². The highest BCUT2D eigenvalue weighted by atomic mass is 32.1. The zero-order valence-electron chi connectivity index (χ0n) is 12.6. The van der Waals surface area contributed by atoms with Gasteiger partial charge >= 0.3 is 0 Å². The summed E-state index contributed by atoms with van der Waals surface area (Å²) in [6.45, 7) is 8.77. The van der Waals surface area contributed by atoms with Crippen molar-refractivity contribution in [3.8, 4) is 0 Å². The molecule has 2 heterocycles. The van der Waals surface area contributed by atoms with Crippen molar-refractivity contribution in [3.05, 3.63) is 22.4 Å². The zero-order chi connectivity index (χ0) is 14.0. The first-order chi connectivity index (χ1) is 9.88. The zero-order valence-corrected chi connectivity index (χ0v) is 13.5. The van der Waals surface area contributed by atoms with E-state index in [1.54, 1.807) is 0 Å². The molecular weight excluding hydrogens is 268 g/mol. The number of nitrogens with one attached hydrogen (secondary N) is 1. The molecular formula is C16H28N2OS. The van der Waals surface area contributed by atoms with Crippen molar-refractivity contribution < 1.29 is 4.74 Å². The average Bonchev–Trinajstić information content (AvgIpc) is 2.98. The topological polar surface area (TPSA) is 24.5 Å². The molecule has 1 aliphatic rings. The molecule has 1 fully saturated rings. The summed E-state index contributed by atoms with van der Waals surface area (Å²) in [5.74, 6) is 0. The normalized spacial score (nSPS) is 20.4. The lowest BCUT2D eigenvalue weighted by molar-refractivity contribution is 0.000389. The van der Waals surface area contributed by atoms with Crippen LogP contribution in [0, 0.1) is 0 Å². The Bertz CT molecular complexity index is 342. The number of hydrogen-bond donors (Lipinski definition) is 1. The van der Waals surface area contributed by atoms with Crippen LogP contribution in [0.25, 0.3) is 0 Å². The molecule has 114 valence electrons. The van der Waals surface area contributed by atoms with E-state index < -0.39 is 0 Å². The monoisotopic (exact) mass is 296 g/mol. The molecule has 1 aromatic rings. The molecule has 0 amide bonds. The van der Waals surface area contributed by atoms with Gasteiger partial charge < -0.3 is 10.1 Å². The molecule has 0 bridgehead atoms. The molecule has 3 nitrogen and oxygen atoms in total. The number of likely N-dealkylation sites (tertiary alicyclic amines) is 1. The number of hydrogen-bond acceptors (Lipinski definition) is 4. The summed E-state index contributed by atoms with van der Waals surface area (Å²) in [5, 5.41) is 5.71. The van der Waals surface area contributed by atoms with Gasteiger partial charge in [-0.25, -0.2) is 0 Å². The third-order valence-corrected chi connectivity index (χ3v) is 4.69. The van der Waals surface area contributed by atoms with Crippen molar-refractivity contribution in [3.63, 3.8) is 0 Å². The Morgan fingerprint density at radius 1 is 1.45 bits per heavy atom. The Labute approximate surface area is 127 Å². The third kappa shape index (κ3) is 5.92. The maximum Gasteiger partial charge on any atom is 0.0702 e. The van der Waals surface area contributed by atoms with Crippen LogP contribution in [0.4, 0.5) is 0 Å². The van der Waals surface area contributed by atoms with Crippen LogP contribution in [-0.4, -0.2) is 50.3 Å². The fourth-order valence-corrected chi connectivity index (χ4v) is 3.37. The van der Waals surface area contributed by atoms with Gasteiger partial charge in [0, 0.05) is 37.7 Å². The first kappa shape index (κ1) is 16.0. The largest absolute Gasteiger partial charge is 0.377 e. The maximum absolute atomic E-state index is 5.88. The molecule has 0 radical (unpaired) electrons. The molecule has 1 aliphatic heterocycles. The Balaban J connectivity index is 1.52. The molecule has 4 heteroatoms. The van der Waals surface area contributed by atoms with Crippen LogP contribution < -0.4 is 5.32 Å². The molecule has 1 atom stereocenters. The number of nitrogens with zero attached hydrogens (tertiary/aromatic N) is 1. The minimum Gasteiger partial charge on any atom is -0.377 e. The van der Waals surface area contributed by atoms with Crippen LogP contribution in [0.2, 0.25) is 0 Å². The van der Waals surface area contributed by atoms with E-state index in [2.05, 4.69) is 34.7 Å². The van der Waals surface area contributed by atoms with Crippen molar-refractivity contribution in [2.75, 3.05) is 39.3 Å². The first-order valence-electron chi connectivity index (χ1n) is 7.95. The van der Waals surface area contributed by atoms with E-state index in [-0.39, 0.29) is 0 Å². The van der Waals surface area contributed by atoms with E-state index in [4.69, 9.17) is 4.74 Å². The van der Waals surface area contributed by atoms with Crippen LogP contribution in [0.5, 0.6) is 0 Å². The highest BCUT2D eigenvalue weighted by Crippen LogP contribution is 2.13. The fraction of sp³-hybridized carbons (Fsp3) is 0.750. The standard InChI is InChI=1S/C16H28N2OS/c1-2-12-19-15-5-3-10-18(14-15)11-9-17-8-7-16-6-4-13-20-16/h4,6,13,15,17H,2-3,5,7-12,14H2,1H3. The van der Waals surface area contributed by atoms with Crippen molar-refractivity contribution >= 4 is 11.3 Å². The van der Waals surface area contributed by atoms with Crippen molar-refractivity contribution in [1.29, 1.82) is 0 Å². The quantitative estimate of drug-likeness (QED) is 0.709. The van der Waals surface area contributed by atoms with Crippen LogP contribution in [0.3, 0.4) is 0 Å². The van der Waals surface area contributed by atoms with E-state index in [9.17, 15) is 0 Å². The second kappa shape index (κ2) is 9.50. The predicted molar refractivity (Wildman–Crippen MR) is 86.6 cm³/mol. The number of ether oxygens (including phenoxy) is 1. The number of thiophene rings is 1. The fourth-order valence-electron chi connectivity index (χ4n) is 2.67. The van der Waals surface area contributed by atoms with E-state index >= 15 is 0 Å². The minimum atomic E-state index is 0.467. The minimum absolute atomic E-state index is 0.467. The van der Waals surface area contributed by atoms with Gasteiger partial charge in [-0.3, -0.25) is 4.90 Å². The highest BCUT2D eigenvalue weighted by molar-refractivity contribution is 7.09. The van der Waals surface area contributed by atoms with Gasteiger partial charge in [-0.15, -0.1) is 11.3 Å². The molecule has 0 aromatic carbocycles. The summed E-state index contributed by atoms with van der Waals surface area (Å²) in [4.78, 5) is 4.02. The third-order valence-electron chi connectivity index (χ3n) is 3.75. The Kier molecular flexibility index (Phi) is 7.58. The molecule has 1 N–H and O–H groups in total. The molecule has 2 rings (SSSR count). The maximum atomic E-state index is 5.88. The second-order valence-corrected chi connectivity index (χ2v) is 6.55. The van der Waals surface area contributed by atoms with Gasteiger partial charge in [0.2, 0.25) is 0 Å². The van der Waals surface area contributed by atoms with Crippen LogP contribution in [0.15, 0.2) is 17.5 Å². The Morgan fingerprint density at radius 3 is 3.20 bits per heavy atom. The van der Waals surface area contributed by atoms with Gasteiger partial charge in [0.05, 0.1) is 6.10 Å². The van der Waals surface area contributed by atoms with Gasteiger partial charge in [0.15, 0.2) is 0 Å². The smallest absolute Gasteiger partial charge is 0.0702 e. The van der Waals surface area contributed by atoms with Crippen LogP contribution >= 0.6 is 11.3 Å². The molecule has 0 saturated carbocycles. The van der Waals surface area contributed by atoms with Gasteiger partial charge in [-0.1, -0.05) is 13.0 Å². The number of piperidine rings is 1. The SMILES string of the molecule is CCCOC1CCCN(CCNCCc2cccs2)C1. The number of rotatable bonds is 9. The van der Waals surface area contributed by atoms with Crippen LogP contribution in [-0.2, 0) is 11.2 Å². The summed E-state index contributed by atoms with van der Waals surface area (Å²) in [5.41, 5.74) is 0. The van der Waals surface area contributed by atoms with Gasteiger partial charge in [0.25, 0.3) is 0 Å². The summed E-state index contributed by atoms with van der Waals surface area (Å²) in [6, 6.07) is 4.34. The first-order valence-corrected chi connectivity index (χ1v) is 8.83. The Hall–Kier alpha value is -0.420. The second-order valence-electron chi connectivity index (χ2n) is 5.51. The summed E-state index contributed by atoms with van der Waals surface area (Å²) in [7, 11) is 0. The van der Waals surface area contributed by atoms with Gasteiger partial charge in [-0.05, 0) is 43.7 Å². The summed E-state index contributed by atoms with van der Waals surface area (Å²) in [6.07, 6.45) is 5.27. The lowest BCUT2D eigenvalue weighted by Gasteiger charge is -2.32. The predicted octanol–water partition coefficient (Wildman–Crippen LogP) is 2.77. The lowest BCUT2D eigenvalue weighted by Crippen LogP contribution is -2.43. The van der Waals surface area contributed by atoms with Crippen molar-refractivity contribution in [1.82, 2.24) is 10.2 Å². The molecule has 1 unspecified atom stereocenters. The van der Waals surface area contributed by atoms with Gasteiger partial charge in [-0.2, -0.15) is 0 Å². The van der Waals surface area contributed by atoms with Gasteiger partial charge in [0.1, 0.15) is 0 Å². The highest BCUT2D eigenvalue weighted by Gasteiger charge is 2.19.